The lowest BCUT2D eigenvalue weighted by atomic mass is 10.0. The van der Waals surface area contributed by atoms with Gasteiger partial charge in [-0.15, -0.1) is 0 Å². The first-order valence-electron chi connectivity index (χ1n) is 5.26. The van der Waals surface area contributed by atoms with E-state index in [-0.39, 0.29) is 23.6 Å². The third-order valence-corrected chi connectivity index (χ3v) is 2.27. The van der Waals surface area contributed by atoms with Gasteiger partial charge in [-0.05, 0) is 18.6 Å². The zero-order valence-electron chi connectivity index (χ0n) is 9.82. The van der Waals surface area contributed by atoms with Crippen molar-refractivity contribution in [3.05, 3.63) is 29.3 Å². The molecule has 0 bridgehead atoms. The average molecular weight is 237 g/mol. The summed E-state index contributed by atoms with van der Waals surface area (Å²) in [5.74, 6) is -1.04. The van der Waals surface area contributed by atoms with E-state index in [1.165, 1.54) is 7.11 Å². The first-order chi connectivity index (χ1) is 8.10. The predicted molar refractivity (Wildman–Crippen MR) is 62.3 cm³/mol. The number of hydrogen-bond donors (Lipinski definition) is 2. The number of methoxy groups -OCH3 is 1. The van der Waals surface area contributed by atoms with Gasteiger partial charge in [-0.3, -0.25) is 4.79 Å². The number of nitrogens with one attached hydrogen (secondary N) is 1. The second-order valence-electron chi connectivity index (χ2n) is 3.43. The molecule has 0 aliphatic heterocycles. The lowest BCUT2D eigenvalue weighted by Gasteiger charge is -2.10. The summed E-state index contributed by atoms with van der Waals surface area (Å²) in [6.45, 7) is 2.33. The van der Waals surface area contributed by atoms with Gasteiger partial charge >= 0.3 is 5.97 Å². The van der Waals surface area contributed by atoms with E-state index in [1.54, 1.807) is 18.2 Å². The molecular weight excluding hydrogens is 222 g/mol. The Morgan fingerprint density at radius 1 is 1.41 bits per heavy atom. The van der Waals surface area contributed by atoms with Crippen molar-refractivity contribution in [1.29, 1.82) is 0 Å². The van der Waals surface area contributed by atoms with Crippen LogP contribution in [-0.4, -0.2) is 30.6 Å². The van der Waals surface area contributed by atoms with Gasteiger partial charge in [-0.25, -0.2) is 4.79 Å². The number of carbonyl (C=O) groups is 2. The summed E-state index contributed by atoms with van der Waals surface area (Å²) in [5.41, 5.74) is 0.490. The molecule has 0 atom stereocenters. The molecule has 0 aliphatic carbocycles. The number of carbonyl (C=O) groups excluding carboxylic acids is 1. The van der Waals surface area contributed by atoms with Gasteiger partial charge in [-0.1, -0.05) is 12.1 Å². The van der Waals surface area contributed by atoms with E-state index in [0.717, 1.165) is 0 Å². The summed E-state index contributed by atoms with van der Waals surface area (Å²) in [7, 11) is 1.40. The van der Waals surface area contributed by atoms with Crippen molar-refractivity contribution in [1.82, 2.24) is 5.32 Å². The van der Waals surface area contributed by atoms with Gasteiger partial charge in [0.15, 0.2) is 0 Å². The monoisotopic (exact) mass is 237 g/mol. The topological polar surface area (TPSA) is 75.6 Å². The first-order valence-corrected chi connectivity index (χ1v) is 5.26. The summed E-state index contributed by atoms with van der Waals surface area (Å²) in [6, 6.07) is 4.84. The van der Waals surface area contributed by atoms with Crippen LogP contribution in [-0.2, 0) is 11.2 Å². The van der Waals surface area contributed by atoms with Crippen LogP contribution in [0.3, 0.4) is 0 Å². The first kappa shape index (κ1) is 13.0. The number of likely N-dealkylation sites (N-methyl/N-ethyl adjacent to an activating group) is 1. The molecule has 92 valence electrons. The van der Waals surface area contributed by atoms with Crippen molar-refractivity contribution in [3.8, 4) is 5.75 Å². The molecule has 0 saturated heterocycles. The maximum Gasteiger partial charge on any atom is 0.339 e. The van der Waals surface area contributed by atoms with Crippen molar-refractivity contribution in [2.45, 2.75) is 13.3 Å². The lowest BCUT2D eigenvalue weighted by Crippen LogP contribution is -2.25. The number of amides is 1. The van der Waals surface area contributed by atoms with Crippen LogP contribution < -0.4 is 10.1 Å². The largest absolute Gasteiger partial charge is 0.496 e. The van der Waals surface area contributed by atoms with Crippen molar-refractivity contribution >= 4 is 11.9 Å². The summed E-state index contributed by atoms with van der Waals surface area (Å²) in [6.07, 6.45) is 0.0344. The maximum atomic E-state index is 11.4. The number of aromatic carboxylic acids is 1. The zero-order valence-corrected chi connectivity index (χ0v) is 9.82. The molecule has 1 amide bonds. The van der Waals surface area contributed by atoms with Crippen LogP contribution in [0.1, 0.15) is 22.8 Å². The highest BCUT2D eigenvalue weighted by atomic mass is 16.5. The lowest BCUT2D eigenvalue weighted by molar-refractivity contribution is -0.120. The number of rotatable bonds is 5. The number of carboxylic acids is 1. The Balaban J connectivity index is 3.06. The van der Waals surface area contributed by atoms with Gasteiger partial charge in [0.05, 0.1) is 13.5 Å². The van der Waals surface area contributed by atoms with Crippen LogP contribution in [0.2, 0.25) is 0 Å². The van der Waals surface area contributed by atoms with Gasteiger partial charge in [0.2, 0.25) is 5.91 Å². The molecule has 5 nitrogen and oxygen atoms in total. The third-order valence-electron chi connectivity index (χ3n) is 2.27. The van der Waals surface area contributed by atoms with Crippen LogP contribution in [0, 0.1) is 0 Å². The fourth-order valence-corrected chi connectivity index (χ4v) is 1.57. The summed E-state index contributed by atoms with van der Waals surface area (Å²) < 4.78 is 4.98. The molecule has 0 aliphatic rings. The molecule has 0 fully saturated rings. The van der Waals surface area contributed by atoms with Gasteiger partial charge in [-0.2, -0.15) is 0 Å². The molecule has 17 heavy (non-hydrogen) atoms. The number of ether oxygens (including phenoxy) is 1. The molecule has 2 N–H and O–H groups in total. The van der Waals surface area contributed by atoms with Gasteiger partial charge < -0.3 is 15.2 Å². The number of carboxylic acid groups (broad SMARTS) is 1. The smallest absolute Gasteiger partial charge is 0.339 e. The molecule has 0 unspecified atom stereocenters. The average Bonchev–Trinajstić information content (AvgIpc) is 2.28. The molecule has 1 aromatic carbocycles. The molecule has 0 radical (unpaired) electrons. The van der Waals surface area contributed by atoms with Crippen LogP contribution in [0.5, 0.6) is 5.75 Å². The van der Waals surface area contributed by atoms with Crippen LogP contribution in [0.25, 0.3) is 0 Å². The Labute approximate surface area is 99.4 Å². The Kier molecular flexibility index (Phi) is 4.51. The molecule has 0 heterocycles. The van der Waals surface area contributed by atoms with E-state index in [9.17, 15) is 9.59 Å². The minimum absolute atomic E-state index is 0.0344. The highest BCUT2D eigenvalue weighted by molar-refractivity contribution is 5.94. The Morgan fingerprint density at radius 3 is 2.65 bits per heavy atom. The van der Waals surface area contributed by atoms with Crippen molar-refractivity contribution in [3.63, 3.8) is 0 Å². The quantitative estimate of drug-likeness (QED) is 0.803. The van der Waals surface area contributed by atoms with Crippen LogP contribution in [0.15, 0.2) is 18.2 Å². The van der Waals surface area contributed by atoms with E-state index >= 15 is 0 Å². The number of benzene rings is 1. The third kappa shape index (κ3) is 3.21. The second-order valence-corrected chi connectivity index (χ2v) is 3.43. The molecular formula is C12H15NO4. The molecule has 0 aromatic heterocycles. The zero-order chi connectivity index (χ0) is 12.8. The highest BCUT2D eigenvalue weighted by Gasteiger charge is 2.17. The van der Waals surface area contributed by atoms with Crippen LogP contribution in [0.4, 0.5) is 0 Å². The Bertz CT molecular complexity index is 429. The fraction of sp³-hybridized carbons (Fsp3) is 0.333. The molecule has 1 aromatic rings. The minimum Gasteiger partial charge on any atom is -0.496 e. The van der Waals surface area contributed by atoms with Crippen LogP contribution >= 0.6 is 0 Å². The van der Waals surface area contributed by atoms with Gasteiger partial charge in [0, 0.05) is 6.54 Å². The van der Waals surface area contributed by atoms with E-state index in [4.69, 9.17) is 9.84 Å². The van der Waals surface area contributed by atoms with Gasteiger partial charge in [0.25, 0.3) is 0 Å². The SMILES string of the molecule is CCNC(=O)Cc1cccc(OC)c1C(=O)O. The van der Waals surface area contributed by atoms with Gasteiger partial charge in [0.1, 0.15) is 11.3 Å². The summed E-state index contributed by atoms with van der Waals surface area (Å²) >= 11 is 0. The van der Waals surface area contributed by atoms with Crippen molar-refractivity contribution in [2.24, 2.45) is 0 Å². The van der Waals surface area contributed by atoms with E-state index < -0.39 is 5.97 Å². The van der Waals surface area contributed by atoms with Crippen molar-refractivity contribution in [2.75, 3.05) is 13.7 Å². The highest BCUT2D eigenvalue weighted by Crippen LogP contribution is 2.22. The second kappa shape index (κ2) is 5.89. The minimum atomic E-state index is -1.10. The van der Waals surface area contributed by atoms with Crippen molar-refractivity contribution < 1.29 is 19.4 Å². The maximum absolute atomic E-state index is 11.4. The predicted octanol–water partition coefficient (Wildman–Crippen LogP) is 1.07. The fourth-order valence-electron chi connectivity index (χ4n) is 1.57. The number of hydrogen-bond acceptors (Lipinski definition) is 3. The van der Waals surface area contributed by atoms with E-state index in [1.807, 2.05) is 6.92 Å². The molecule has 1 rings (SSSR count). The molecule has 0 saturated carbocycles. The standard InChI is InChI=1S/C12H15NO4/c1-3-13-10(14)7-8-5-4-6-9(17-2)11(8)12(15)16/h4-6H,3,7H2,1-2H3,(H,13,14)(H,15,16). The Morgan fingerprint density at radius 2 is 2.12 bits per heavy atom. The summed E-state index contributed by atoms with van der Waals surface area (Å²) in [5, 5.41) is 11.7. The van der Waals surface area contributed by atoms with E-state index in [0.29, 0.717) is 12.1 Å². The van der Waals surface area contributed by atoms with E-state index in [2.05, 4.69) is 5.32 Å². The molecule has 0 spiro atoms. The molecule has 5 heteroatoms. The Hall–Kier alpha value is -2.04. The summed E-state index contributed by atoms with van der Waals surface area (Å²) in [4.78, 5) is 22.6. The normalized spacial score (nSPS) is 9.76.